The van der Waals surface area contributed by atoms with Gasteiger partial charge in [-0.3, -0.25) is 4.79 Å². The molecule has 1 aromatic rings. The van der Waals surface area contributed by atoms with Crippen LogP contribution in [0.3, 0.4) is 0 Å². The van der Waals surface area contributed by atoms with E-state index < -0.39 is 0 Å². The van der Waals surface area contributed by atoms with Crippen LogP contribution in [0.5, 0.6) is 0 Å². The van der Waals surface area contributed by atoms with Gasteiger partial charge in [-0.05, 0) is 25.3 Å². The number of hydrogen-bond donors (Lipinski definition) is 2. The molecule has 5 nitrogen and oxygen atoms in total. The summed E-state index contributed by atoms with van der Waals surface area (Å²) in [7, 11) is 3.46. The summed E-state index contributed by atoms with van der Waals surface area (Å²) in [5, 5.41) is 6.45. The molecule has 0 saturated heterocycles. The zero-order chi connectivity index (χ0) is 17.1. The maximum absolute atomic E-state index is 11.6. The molecule has 0 heterocycles. The lowest BCUT2D eigenvalue weighted by Crippen LogP contribution is -2.39. The Hall–Kier alpha value is -1.57. The predicted octanol–water partition coefficient (Wildman–Crippen LogP) is 2.44. The molecule has 0 aliphatic rings. The number of aliphatic imine (C=N–C) groups is 1. The summed E-state index contributed by atoms with van der Waals surface area (Å²) < 4.78 is 0. The van der Waals surface area contributed by atoms with Crippen molar-refractivity contribution in [2.45, 2.75) is 19.8 Å². The van der Waals surface area contributed by atoms with Gasteiger partial charge in [0, 0.05) is 27.2 Å². The van der Waals surface area contributed by atoms with Crippen molar-refractivity contribution >= 4 is 35.8 Å². The predicted molar refractivity (Wildman–Crippen MR) is 112 cm³/mol. The first-order valence-corrected chi connectivity index (χ1v) is 7.89. The molecule has 0 bridgehead atoms. The number of carbonyl (C=O) groups is 1. The van der Waals surface area contributed by atoms with Crippen LogP contribution in [0, 0.1) is 0 Å². The number of benzene rings is 1. The van der Waals surface area contributed by atoms with Gasteiger partial charge >= 0.3 is 0 Å². The number of nitrogens with one attached hydrogen (secondary N) is 2. The molecule has 1 amide bonds. The van der Waals surface area contributed by atoms with Gasteiger partial charge in [0.2, 0.25) is 5.91 Å². The Bertz CT molecular complexity index is 529. The molecule has 0 aliphatic carbocycles. The monoisotopic (exact) mass is 444 g/mol. The van der Waals surface area contributed by atoms with E-state index in [1.807, 2.05) is 13.0 Å². The maximum atomic E-state index is 11.6. The van der Waals surface area contributed by atoms with Crippen LogP contribution in [0.1, 0.15) is 18.9 Å². The lowest BCUT2D eigenvalue weighted by atomic mass is 10.1. The normalized spacial score (nSPS) is 10.5. The van der Waals surface area contributed by atoms with E-state index in [1.165, 1.54) is 10.5 Å². The molecule has 0 unspecified atom stereocenters. The van der Waals surface area contributed by atoms with Gasteiger partial charge in [0.1, 0.15) is 6.54 Å². The molecule has 1 aromatic carbocycles. The van der Waals surface area contributed by atoms with E-state index >= 15 is 0 Å². The Morgan fingerprint density at radius 1 is 1.21 bits per heavy atom. The maximum Gasteiger partial charge on any atom is 0.243 e. The highest BCUT2D eigenvalue weighted by atomic mass is 127. The number of nitrogens with zero attached hydrogens (tertiary/aromatic N) is 2. The van der Waals surface area contributed by atoms with E-state index in [0.717, 1.165) is 25.0 Å². The number of amides is 1. The van der Waals surface area contributed by atoms with Crippen molar-refractivity contribution in [1.29, 1.82) is 0 Å². The number of aryl methyl sites for hydroxylation is 1. The lowest BCUT2D eigenvalue weighted by molar-refractivity contribution is -0.127. The third-order valence-electron chi connectivity index (χ3n) is 3.21. The summed E-state index contributed by atoms with van der Waals surface area (Å²) in [6.07, 6.45) is 2.01. The van der Waals surface area contributed by atoms with Gasteiger partial charge in [0.25, 0.3) is 0 Å². The van der Waals surface area contributed by atoms with Crippen LogP contribution in [-0.2, 0) is 11.2 Å². The second kappa shape index (κ2) is 12.8. The number of rotatable bonds is 8. The van der Waals surface area contributed by atoms with Gasteiger partial charge < -0.3 is 15.5 Å². The SMILES string of the molecule is C=C(C)CNC(=NCC(=O)N(C)C)NCCCc1ccccc1.I. The van der Waals surface area contributed by atoms with Gasteiger partial charge in [-0.2, -0.15) is 0 Å². The van der Waals surface area contributed by atoms with E-state index in [1.54, 1.807) is 14.1 Å². The van der Waals surface area contributed by atoms with E-state index in [9.17, 15) is 4.79 Å². The number of carbonyl (C=O) groups excluding carboxylic acids is 1. The summed E-state index contributed by atoms with van der Waals surface area (Å²) in [4.78, 5) is 17.5. The minimum Gasteiger partial charge on any atom is -0.356 e. The largest absolute Gasteiger partial charge is 0.356 e. The molecule has 0 fully saturated rings. The highest BCUT2D eigenvalue weighted by molar-refractivity contribution is 14.0. The summed E-state index contributed by atoms with van der Waals surface area (Å²) in [6.45, 7) is 7.39. The topological polar surface area (TPSA) is 56.7 Å². The van der Waals surface area contributed by atoms with Crippen molar-refractivity contribution in [3.05, 3.63) is 48.0 Å². The number of hydrogen-bond acceptors (Lipinski definition) is 2. The van der Waals surface area contributed by atoms with Gasteiger partial charge in [-0.25, -0.2) is 4.99 Å². The van der Waals surface area contributed by atoms with Crippen molar-refractivity contribution in [3.8, 4) is 0 Å². The summed E-state index contributed by atoms with van der Waals surface area (Å²) in [5.74, 6) is 0.627. The first kappa shape index (κ1) is 22.4. The molecule has 0 spiro atoms. The molecule has 1 rings (SSSR count). The Balaban J connectivity index is 0.00000529. The highest BCUT2D eigenvalue weighted by Crippen LogP contribution is 2.01. The summed E-state index contributed by atoms with van der Waals surface area (Å²) >= 11 is 0. The third kappa shape index (κ3) is 10.3. The fourth-order valence-corrected chi connectivity index (χ4v) is 1.84. The summed E-state index contributed by atoms with van der Waals surface area (Å²) in [6, 6.07) is 10.4. The third-order valence-corrected chi connectivity index (χ3v) is 3.21. The van der Waals surface area contributed by atoms with Gasteiger partial charge in [-0.15, -0.1) is 24.0 Å². The second-order valence-electron chi connectivity index (χ2n) is 5.78. The number of guanidine groups is 1. The van der Waals surface area contributed by atoms with E-state index in [2.05, 4.69) is 46.5 Å². The van der Waals surface area contributed by atoms with E-state index in [-0.39, 0.29) is 36.4 Å². The molecule has 0 aliphatic heterocycles. The first-order chi connectivity index (χ1) is 11.0. The zero-order valence-electron chi connectivity index (χ0n) is 14.8. The molecule has 134 valence electrons. The first-order valence-electron chi connectivity index (χ1n) is 7.89. The molecule has 0 radical (unpaired) electrons. The van der Waals surface area contributed by atoms with E-state index in [0.29, 0.717) is 12.5 Å². The van der Waals surface area contributed by atoms with Crippen molar-refractivity contribution in [3.63, 3.8) is 0 Å². The summed E-state index contributed by atoms with van der Waals surface area (Å²) in [5.41, 5.74) is 2.34. The fraction of sp³-hybridized carbons (Fsp3) is 0.444. The van der Waals surface area contributed by atoms with Crippen molar-refractivity contribution in [2.75, 3.05) is 33.7 Å². The van der Waals surface area contributed by atoms with Crippen molar-refractivity contribution < 1.29 is 4.79 Å². The van der Waals surface area contributed by atoms with Crippen LogP contribution >= 0.6 is 24.0 Å². The van der Waals surface area contributed by atoms with Crippen LogP contribution in [-0.4, -0.2) is 50.5 Å². The molecule has 0 aromatic heterocycles. The molecule has 0 saturated carbocycles. The van der Waals surface area contributed by atoms with Crippen LogP contribution in [0.2, 0.25) is 0 Å². The van der Waals surface area contributed by atoms with Crippen LogP contribution in [0.25, 0.3) is 0 Å². The smallest absolute Gasteiger partial charge is 0.243 e. The Kier molecular flexibility index (Phi) is 12.0. The highest BCUT2D eigenvalue weighted by Gasteiger charge is 2.04. The minimum absolute atomic E-state index is 0. The van der Waals surface area contributed by atoms with Crippen LogP contribution in [0.15, 0.2) is 47.5 Å². The van der Waals surface area contributed by atoms with Gasteiger partial charge in [0.05, 0.1) is 0 Å². The standard InChI is InChI=1S/C18H28N4O.HI/c1-15(2)13-20-18(21-14-17(23)22(3)4)19-12-8-11-16-9-6-5-7-10-16;/h5-7,9-10H,1,8,11-14H2,2-4H3,(H2,19,20,21);1H. The number of halogens is 1. The lowest BCUT2D eigenvalue weighted by Gasteiger charge is -2.13. The van der Waals surface area contributed by atoms with Crippen molar-refractivity contribution in [1.82, 2.24) is 15.5 Å². The van der Waals surface area contributed by atoms with E-state index in [4.69, 9.17) is 0 Å². The molecule has 6 heteroatoms. The minimum atomic E-state index is -0.0225. The quantitative estimate of drug-likeness (QED) is 0.213. The number of likely N-dealkylation sites (N-methyl/N-ethyl adjacent to an activating group) is 1. The Morgan fingerprint density at radius 3 is 2.46 bits per heavy atom. The fourth-order valence-electron chi connectivity index (χ4n) is 1.84. The van der Waals surface area contributed by atoms with Gasteiger partial charge in [0.15, 0.2) is 5.96 Å². The molecular weight excluding hydrogens is 415 g/mol. The molecule has 2 N–H and O–H groups in total. The molecule has 0 atom stereocenters. The van der Waals surface area contributed by atoms with Crippen molar-refractivity contribution in [2.24, 2.45) is 4.99 Å². The van der Waals surface area contributed by atoms with Crippen LogP contribution < -0.4 is 10.6 Å². The second-order valence-corrected chi connectivity index (χ2v) is 5.78. The average molecular weight is 444 g/mol. The Labute approximate surface area is 162 Å². The van der Waals surface area contributed by atoms with Gasteiger partial charge in [-0.1, -0.05) is 42.5 Å². The zero-order valence-corrected chi connectivity index (χ0v) is 17.2. The molecular formula is C18H29IN4O. The average Bonchev–Trinajstić information content (AvgIpc) is 2.53. The molecule has 24 heavy (non-hydrogen) atoms. The Morgan fingerprint density at radius 2 is 1.88 bits per heavy atom. The van der Waals surface area contributed by atoms with Crippen LogP contribution in [0.4, 0.5) is 0 Å².